The largest absolute Gasteiger partial charge is 0.382 e. The summed E-state index contributed by atoms with van der Waals surface area (Å²) in [5, 5.41) is 10.5. The van der Waals surface area contributed by atoms with E-state index in [0.717, 1.165) is 0 Å². The smallest absolute Gasteiger partial charge is 0.225 e. The van der Waals surface area contributed by atoms with E-state index in [1.54, 1.807) is 24.2 Å². The number of fused-ring (bicyclic) bond motifs is 1. The van der Waals surface area contributed by atoms with Gasteiger partial charge in [0.2, 0.25) is 11.2 Å². The van der Waals surface area contributed by atoms with Crippen LogP contribution in [0.2, 0.25) is 5.28 Å². The van der Waals surface area contributed by atoms with Gasteiger partial charge in [0.25, 0.3) is 0 Å². The van der Waals surface area contributed by atoms with E-state index >= 15 is 0 Å². The molecule has 28 heavy (non-hydrogen) atoms. The molecule has 1 unspecified atom stereocenters. The molecule has 0 radical (unpaired) electrons. The first-order chi connectivity index (χ1) is 13.5. The van der Waals surface area contributed by atoms with Crippen LogP contribution in [0, 0.1) is 0 Å². The number of nitrogens with one attached hydrogen (secondary N) is 2. The second-order valence-corrected chi connectivity index (χ2v) is 6.36. The van der Waals surface area contributed by atoms with Crippen molar-refractivity contribution in [3.05, 3.63) is 29.6 Å². The van der Waals surface area contributed by atoms with Crippen LogP contribution in [0.25, 0.3) is 11.0 Å². The Morgan fingerprint density at radius 2 is 2.25 bits per heavy atom. The molecular weight excluding hydrogens is 384 g/mol. The molecule has 0 fully saturated rings. The number of rotatable bonds is 8. The lowest BCUT2D eigenvalue weighted by molar-refractivity contribution is -0.130. The highest BCUT2D eigenvalue weighted by atomic mass is 35.5. The highest BCUT2D eigenvalue weighted by Crippen LogP contribution is 2.31. The SMILES string of the molecule is CCOCCC(c1n[nH]c2c(Nc3ccncn3)nc(Cl)nc12)N(C)C(C)=O. The number of hydrogen-bond donors (Lipinski definition) is 2. The zero-order chi connectivity index (χ0) is 20.1. The van der Waals surface area contributed by atoms with E-state index in [0.29, 0.717) is 48.0 Å². The number of amides is 1. The third kappa shape index (κ3) is 4.34. The summed E-state index contributed by atoms with van der Waals surface area (Å²) in [5.74, 6) is 0.898. The van der Waals surface area contributed by atoms with Crippen LogP contribution in [0.3, 0.4) is 0 Å². The van der Waals surface area contributed by atoms with Crippen molar-refractivity contribution in [1.82, 2.24) is 35.0 Å². The Kier molecular flexibility index (Phi) is 6.32. The minimum Gasteiger partial charge on any atom is -0.382 e. The van der Waals surface area contributed by atoms with Crippen molar-refractivity contribution >= 4 is 40.2 Å². The van der Waals surface area contributed by atoms with Crippen LogP contribution in [0.4, 0.5) is 11.6 Å². The first kappa shape index (κ1) is 19.9. The van der Waals surface area contributed by atoms with Gasteiger partial charge in [-0.1, -0.05) is 0 Å². The molecule has 0 saturated carbocycles. The maximum absolute atomic E-state index is 12.0. The van der Waals surface area contributed by atoms with E-state index in [-0.39, 0.29) is 17.2 Å². The van der Waals surface area contributed by atoms with Crippen molar-refractivity contribution in [3.63, 3.8) is 0 Å². The van der Waals surface area contributed by atoms with Gasteiger partial charge in [0, 0.05) is 33.4 Å². The highest BCUT2D eigenvalue weighted by Gasteiger charge is 2.26. The quantitative estimate of drug-likeness (QED) is 0.433. The number of ether oxygens (including phenoxy) is 1. The van der Waals surface area contributed by atoms with E-state index in [4.69, 9.17) is 16.3 Å². The maximum atomic E-state index is 12.0. The number of carbonyl (C=O) groups is 1. The van der Waals surface area contributed by atoms with Gasteiger partial charge in [-0.2, -0.15) is 10.1 Å². The number of nitrogens with zero attached hydrogens (tertiary/aromatic N) is 6. The molecular formula is C17H21ClN8O2. The Bertz CT molecular complexity index is 949. The van der Waals surface area contributed by atoms with Crippen LogP contribution in [0.5, 0.6) is 0 Å². The highest BCUT2D eigenvalue weighted by molar-refractivity contribution is 6.28. The average molecular weight is 405 g/mol. The van der Waals surface area contributed by atoms with Crippen molar-refractivity contribution in [1.29, 1.82) is 0 Å². The number of aromatic amines is 1. The molecule has 1 atom stereocenters. The summed E-state index contributed by atoms with van der Waals surface area (Å²) in [7, 11) is 1.72. The Morgan fingerprint density at radius 3 is 2.93 bits per heavy atom. The molecule has 148 valence electrons. The third-order valence-corrected chi connectivity index (χ3v) is 4.43. The lowest BCUT2D eigenvalue weighted by atomic mass is 10.1. The van der Waals surface area contributed by atoms with Gasteiger partial charge < -0.3 is 15.0 Å². The van der Waals surface area contributed by atoms with Crippen molar-refractivity contribution < 1.29 is 9.53 Å². The number of carbonyl (C=O) groups excluding carboxylic acids is 1. The molecule has 2 N–H and O–H groups in total. The second kappa shape index (κ2) is 8.89. The predicted molar refractivity (Wildman–Crippen MR) is 104 cm³/mol. The summed E-state index contributed by atoms with van der Waals surface area (Å²) in [6, 6.07) is 1.38. The van der Waals surface area contributed by atoms with Crippen molar-refractivity contribution in [2.24, 2.45) is 0 Å². The van der Waals surface area contributed by atoms with Crippen LogP contribution in [0.1, 0.15) is 32.0 Å². The fourth-order valence-corrected chi connectivity index (χ4v) is 2.94. The standard InChI is InChI=1S/C17H21ClN8O2/c1-4-28-8-6-11(26(3)10(2)27)13-14-15(25-24-13)16(23-17(18)22-14)21-12-5-7-19-9-20-12/h5,7,9,11H,4,6,8H2,1-3H3,(H,24,25)(H,19,20,21,22,23). The molecule has 11 heteroatoms. The number of aromatic nitrogens is 6. The van der Waals surface area contributed by atoms with Crippen LogP contribution in [0.15, 0.2) is 18.6 Å². The topological polar surface area (TPSA) is 122 Å². The summed E-state index contributed by atoms with van der Waals surface area (Å²) in [5.41, 5.74) is 1.70. The fourth-order valence-electron chi connectivity index (χ4n) is 2.78. The molecule has 0 aliphatic rings. The summed E-state index contributed by atoms with van der Waals surface area (Å²) in [6.07, 6.45) is 3.60. The average Bonchev–Trinajstić information content (AvgIpc) is 3.09. The molecule has 3 aromatic heterocycles. The van der Waals surface area contributed by atoms with E-state index in [2.05, 4.69) is 35.5 Å². The molecule has 0 saturated heterocycles. The van der Waals surface area contributed by atoms with Crippen LogP contribution < -0.4 is 5.32 Å². The van der Waals surface area contributed by atoms with Crippen LogP contribution >= 0.6 is 11.6 Å². The summed E-state index contributed by atoms with van der Waals surface area (Å²) >= 11 is 6.15. The van der Waals surface area contributed by atoms with E-state index < -0.39 is 0 Å². The summed E-state index contributed by atoms with van der Waals surface area (Å²) in [4.78, 5) is 30.2. The monoisotopic (exact) mass is 404 g/mol. The first-order valence-electron chi connectivity index (χ1n) is 8.77. The second-order valence-electron chi connectivity index (χ2n) is 6.02. The van der Waals surface area contributed by atoms with Crippen LogP contribution in [-0.2, 0) is 9.53 Å². The number of H-pyrrole nitrogens is 1. The molecule has 0 aliphatic carbocycles. The third-order valence-electron chi connectivity index (χ3n) is 4.26. The Hall–Kier alpha value is -2.85. The molecule has 3 heterocycles. The number of hydrogen-bond acceptors (Lipinski definition) is 8. The predicted octanol–water partition coefficient (Wildman–Crippen LogP) is 2.49. The minimum atomic E-state index is -0.323. The zero-order valence-electron chi connectivity index (χ0n) is 15.8. The van der Waals surface area contributed by atoms with E-state index in [1.807, 2.05) is 6.92 Å². The maximum Gasteiger partial charge on any atom is 0.225 e. The van der Waals surface area contributed by atoms with Crippen LogP contribution in [-0.4, -0.2) is 61.2 Å². The normalized spacial score (nSPS) is 12.1. The summed E-state index contributed by atoms with van der Waals surface area (Å²) in [6.45, 7) is 4.51. The number of halogens is 1. The van der Waals surface area contributed by atoms with Gasteiger partial charge in [-0.25, -0.2) is 15.0 Å². The molecule has 3 rings (SSSR count). The van der Waals surface area contributed by atoms with Crippen molar-refractivity contribution in [2.45, 2.75) is 26.3 Å². The van der Waals surface area contributed by atoms with E-state index in [9.17, 15) is 4.79 Å². The van der Waals surface area contributed by atoms with Gasteiger partial charge in [0.05, 0.1) is 6.04 Å². The molecule has 0 aliphatic heterocycles. The first-order valence-corrected chi connectivity index (χ1v) is 9.14. The molecule has 1 amide bonds. The molecule has 0 bridgehead atoms. The zero-order valence-corrected chi connectivity index (χ0v) is 16.6. The minimum absolute atomic E-state index is 0.0562. The van der Waals surface area contributed by atoms with Gasteiger partial charge in [-0.15, -0.1) is 0 Å². The Labute approximate surface area is 166 Å². The Morgan fingerprint density at radius 1 is 1.43 bits per heavy atom. The van der Waals surface area contributed by atoms with Gasteiger partial charge in [-0.3, -0.25) is 9.89 Å². The van der Waals surface area contributed by atoms with Crippen molar-refractivity contribution in [2.75, 3.05) is 25.6 Å². The Balaban J connectivity index is 2.01. The number of anilines is 2. The molecule has 0 aromatic carbocycles. The van der Waals surface area contributed by atoms with Gasteiger partial charge in [0.1, 0.15) is 28.9 Å². The van der Waals surface area contributed by atoms with E-state index in [1.165, 1.54) is 13.3 Å². The fraction of sp³-hybridized carbons (Fsp3) is 0.412. The van der Waals surface area contributed by atoms with Crippen molar-refractivity contribution in [3.8, 4) is 0 Å². The molecule has 0 spiro atoms. The molecule has 3 aromatic rings. The van der Waals surface area contributed by atoms with Gasteiger partial charge in [0.15, 0.2) is 5.82 Å². The summed E-state index contributed by atoms with van der Waals surface area (Å²) < 4.78 is 5.47. The molecule has 10 nitrogen and oxygen atoms in total. The van der Waals surface area contributed by atoms with Gasteiger partial charge in [-0.05, 0) is 31.0 Å². The lowest BCUT2D eigenvalue weighted by Gasteiger charge is -2.25. The lowest BCUT2D eigenvalue weighted by Crippen LogP contribution is -2.30. The van der Waals surface area contributed by atoms with Gasteiger partial charge >= 0.3 is 0 Å².